The van der Waals surface area contributed by atoms with Gasteiger partial charge in [-0.05, 0) is 99.1 Å². The van der Waals surface area contributed by atoms with Gasteiger partial charge in [-0.1, -0.05) is 35.9 Å². The topological polar surface area (TPSA) is 33.1 Å². The highest BCUT2D eigenvalue weighted by molar-refractivity contribution is 7.80. The molecule has 0 amide bonds. The third kappa shape index (κ3) is 3.89. The summed E-state index contributed by atoms with van der Waals surface area (Å²) in [5, 5.41) is 5.00. The number of thiocarbonyl (C=S) groups is 1. The van der Waals surface area contributed by atoms with E-state index in [-0.39, 0.29) is 12.1 Å². The van der Waals surface area contributed by atoms with Crippen LogP contribution in [0.3, 0.4) is 0 Å². The molecule has 3 heterocycles. The first-order valence-electron chi connectivity index (χ1n) is 11.4. The Labute approximate surface area is 211 Å². The minimum absolute atomic E-state index is 0.0639. The van der Waals surface area contributed by atoms with E-state index in [9.17, 15) is 0 Å². The number of hydrogen-bond acceptors (Lipinski definition) is 2. The summed E-state index contributed by atoms with van der Waals surface area (Å²) in [6, 6.07) is 22.7. The van der Waals surface area contributed by atoms with Crippen LogP contribution < -0.4 is 10.2 Å². The van der Waals surface area contributed by atoms with Gasteiger partial charge in [0.25, 0.3) is 0 Å². The van der Waals surface area contributed by atoms with Gasteiger partial charge < -0.3 is 14.8 Å². The fourth-order valence-corrected chi connectivity index (χ4v) is 5.70. The average Bonchev–Trinajstić information content (AvgIpc) is 3.29. The van der Waals surface area contributed by atoms with Crippen molar-refractivity contribution in [3.63, 3.8) is 0 Å². The van der Waals surface area contributed by atoms with Gasteiger partial charge >= 0.3 is 0 Å². The Morgan fingerprint density at radius 2 is 1.62 bits per heavy atom. The van der Waals surface area contributed by atoms with Gasteiger partial charge in [-0.2, -0.15) is 0 Å². The zero-order valence-electron chi connectivity index (χ0n) is 19.7. The Kier molecular flexibility index (Phi) is 5.92. The Bertz CT molecular complexity index is 1360. The van der Waals surface area contributed by atoms with E-state index < -0.39 is 0 Å². The summed E-state index contributed by atoms with van der Waals surface area (Å²) < 4.78 is 2.23. The van der Waals surface area contributed by atoms with E-state index >= 15 is 0 Å². The second-order valence-electron chi connectivity index (χ2n) is 8.96. The van der Waals surface area contributed by atoms with Gasteiger partial charge in [-0.3, -0.25) is 4.98 Å². The molecular weight excluding hydrogens is 460 g/mol. The summed E-state index contributed by atoms with van der Waals surface area (Å²) in [7, 11) is 0. The zero-order chi connectivity index (χ0) is 24.0. The maximum atomic E-state index is 6.60. The van der Waals surface area contributed by atoms with Crippen LogP contribution in [0.1, 0.15) is 45.9 Å². The van der Waals surface area contributed by atoms with Crippen molar-refractivity contribution >= 4 is 34.6 Å². The van der Waals surface area contributed by atoms with Crippen molar-refractivity contribution < 1.29 is 0 Å². The number of rotatable bonds is 4. The predicted molar refractivity (Wildman–Crippen MR) is 144 cm³/mol. The molecule has 1 aliphatic heterocycles. The molecule has 5 rings (SSSR count). The number of halogens is 1. The van der Waals surface area contributed by atoms with Gasteiger partial charge in [0, 0.05) is 23.3 Å². The SMILES string of the molecule is Cc1cc(C)cc(N2C(=S)N[C@H](c3ccccn3)[C@@H]2c2cc(C)n(-c3ccccc3Cl)c2C)c1. The number of aryl methyl sites for hydroxylation is 3. The van der Waals surface area contributed by atoms with E-state index in [1.165, 1.54) is 16.7 Å². The lowest BCUT2D eigenvalue weighted by Crippen LogP contribution is -2.29. The Morgan fingerprint density at radius 1 is 0.912 bits per heavy atom. The number of aromatic nitrogens is 2. The number of benzene rings is 2. The molecule has 0 bridgehead atoms. The maximum absolute atomic E-state index is 6.60. The molecule has 2 atom stereocenters. The fourth-order valence-electron chi connectivity index (χ4n) is 5.13. The van der Waals surface area contributed by atoms with Crippen molar-refractivity contribution in [3.8, 4) is 5.69 Å². The largest absolute Gasteiger partial charge is 0.351 e. The molecule has 172 valence electrons. The first-order chi connectivity index (χ1) is 16.3. The van der Waals surface area contributed by atoms with Gasteiger partial charge in [0.05, 0.1) is 28.5 Å². The van der Waals surface area contributed by atoms with Crippen molar-refractivity contribution in [1.82, 2.24) is 14.9 Å². The minimum Gasteiger partial charge on any atom is -0.351 e. The van der Waals surface area contributed by atoms with Crippen LogP contribution in [0.5, 0.6) is 0 Å². The summed E-state index contributed by atoms with van der Waals surface area (Å²) in [4.78, 5) is 6.93. The van der Waals surface area contributed by atoms with Crippen LogP contribution >= 0.6 is 23.8 Å². The first-order valence-corrected chi connectivity index (χ1v) is 12.2. The lowest BCUT2D eigenvalue weighted by Gasteiger charge is -2.29. The summed E-state index contributed by atoms with van der Waals surface area (Å²) in [6.45, 7) is 8.52. The molecule has 1 saturated heterocycles. The highest BCUT2D eigenvalue weighted by atomic mass is 35.5. The lowest BCUT2D eigenvalue weighted by molar-refractivity contribution is 0.565. The van der Waals surface area contributed by atoms with Gasteiger partial charge in [0.1, 0.15) is 0 Å². The van der Waals surface area contributed by atoms with Crippen LogP contribution in [0, 0.1) is 27.7 Å². The number of anilines is 1. The van der Waals surface area contributed by atoms with Crippen molar-refractivity contribution in [3.05, 3.63) is 112 Å². The van der Waals surface area contributed by atoms with Crippen molar-refractivity contribution in [1.29, 1.82) is 0 Å². The van der Waals surface area contributed by atoms with Crippen molar-refractivity contribution in [2.45, 2.75) is 39.8 Å². The highest BCUT2D eigenvalue weighted by Crippen LogP contribution is 2.44. The van der Waals surface area contributed by atoms with E-state index in [0.717, 1.165) is 33.5 Å². The Morgan fingerprint density at radius 3 is 2.29 bits per heavy atom. The summed E-state index contributed by atoms with van der Waals surface area (Å²) in [5.41, 5.74) is 8.89. The summed E-state index contributed by atoms with van der Waals surface area (Å²) in [5.74, 6) is 0. The molecule has 0 radical (unpaired) electrons. The molecule has 0 aliphatic carbocycles. The fraction of sp³-hybridized carbons (Fsp3) is 0.214. The molecule has 1 fully saturated rings. The van der Waals surface area contributed by atoms with E-state index in [0.29, 0.717) is 5.11 Å². The monoisotopic (exact) mass is 486 g/mol. The molecule has 2 aromatic carbocycles. The zero-order valence-corrected chi connectivity index (χ0v) is 21.3. The molecule has 0 spiro atoms. The third-order valence-electron chi connectivity index (χ3n) is 6.46. The summed E-state index contributed by atoms with van der Waals surface area (Å²) in [6.07, 6.45) is 1.84. The molecule has 0 saturated carbocycles. The standard InChI is InChI=1S/C28H27ClN4S/c1-17-13-18(2)15-21(14-17)33-27(26(31-28(33)34)24-10-7-8-12-30-24)22-16-19(3)32(20(22)4)25-11-6-5-9-23(25)29/h5-16,26-27H,1-4H3,(H,31,34)/t26-,27+/m1/s1. The van der Waals surface area contributed by atoms with Crippen LogP contribution in [0.25, 0.3) is 5.69 Å². The molecular formula is C28H27ClN4S. The molecule has 4 nitrogen and oxygen atoms in total. The molecule has 2 aromatic heterocycles. The molecule has 1 aliphatic rings. The van der Waals surface area contributed by atoms with E-state index in [2.05, 4.69) is 83.9 Å². The van der Waals surface area contributed by atoms with Crippen LogP contribution in [-0.4, -0.2) is 14.7 Å². The summed E-state index contributed by atoms with van der Waals surface area (Å²) >= 11 is 12.5. The van der Waals surface area contributed by atoms with E-state index in [1.54, 1.807) is 0 Å². The number of para-hydroxylation sites is 1. The van der Waals surface area contributed by atoms with Gasteiger partial charge in [0.2, 0.25) is 0 Å². The predicted octanol–water partition coefficient (Wildman–Crippen LogP) is 6.94. The molecule has 6 heteroatoms. The van der Waals surface area contributed by atoms with Crippen LogP contribution in [0.2, 0.25) is 5.02 Å². The minimum atomic E-state index is -0.0882. The average molecular weight is 487 g/mol. The number of hydrogen-bond donors (Lipinski definition) is 1. The normalized spacial score (nSPS) is 17.8. The molecule has 0 unspecified atom stereocenters. The van der Waals surface area contributed by atoms with Gasteiger partial charge in [-0.15, -0.1) is 0 Å². The van der Waals surface area contributed by atoms with Gasteiger partial charge in [-0.25, -0.2) is 0 Å². The lowest BCUT2D eigenvalue weighted by atomic mass is 9.96. The number of pyridine rings is 1. The maximum Gasteiger partial charge on any atom is 0.174 e. The quantitative estimate of drug-likeness (QED) is 0.317. The Hall–Kier alpha value is -3.15. The second kappa shape index (κ2) is 8.90. The van der Waals surface area contributed by atoms with Crippen molar-refractivity contribution in [2.24, 2.45) is 0 Å². The van der Waals surface area contributed by atoms with Crippen LogP contribution in [0.15, 0.2) is 72.9 Å². The van der Waals surface area contributed by atoms with Crippen LogP contribution in [-0.2, 0) is 0 Å². The third-order valence-corrected chi connectivity index (χ3v) is 7.10. The van der Waals surface area contributed by atoms with Crippen molar-refractivity contribution in [2.75, 3.05) is 4.90 Å². The highest BCUT2D eigenvalue weighted by Gasteiger charge is 2.42. The van der Waals surface area contributed by atoms with E-state index in [4.69, 9.17) is 23.8 Å². The smallest absolute Gasteiger partial charge is 0.174 e. The van der Waals surface area contributed by atoms with E-state index in [1.807, 2.05) is 36.5 Å². The Balaban J connectivity index is 1.71. The van der Waals surface area contributed by atoms with Gasteiger partial charge in [0.15, 0.2) is 5.11 Å². The molecule has 4 aromatic rings. The number of nitrogens with zero attached hydrogens (tertiary/aromatic N) is 3. The van der Waals surface area contributed by atoms with Crippen LogP contribution in [0.4, 0.5) is 5.69 Å². The molecule has 1 N–H and O–H groups in total. The second-order valence-corrected chi connectivity index (χ2v) is 9.75. The first kappa shape index (κ1) is 22.6. The number of nitrogens with one attached hydrogen (secondary N) is 1. The molecule has 34 heavy (non-hydrogen) atoms.